The smallest absolute Gasteiger partial charge is 1.00 e. The second kappa shape index (κ2) is 26.1. The van der Waals surface area contributed by atoms with Gasteiger partial charge in [-0.05, 0) is 0 Å². The molecule has 0 aromatic carbocycles. The Kier molecular flexibility index (Phi) is 207. The van der Waals surface area contributed by atoms with E-state index in [-0.39, 0.29) is 127 Å². The second-order valence-corrected chi connectivity index (χ2v) is 0. The molecule has 0 nitrogen and oxygen atoms in total. The van der Waals surface area contributed by atoms with E-state index in [1.807, 2.05) is 0 Å². The molecular weight excluding hydrogens is 152 g/mol. The zero-order valence-electron chi connectivity index (χ0n) is 5.22. The Morgan fingerprint density at radius 3 is 0.800 bits per heavy atom. The van der Waals surface area contributed by atoms with Gasteiger partial charge in [-0.1, -0.05) is 0 Å². The van der Waals surface area contributed by atoms with Crippen molar-refractivity contribution < 1.29 is 115 Å². The molecule has 5 heteroatoms. The van der Waals surface area contributed by atoms with Crippen molar-refractivity contribution in [3.63, 3.8) is 0 Å². The van der Waals surface area contributed by atoms with E-state index in [4.69, 9.17) is 0 Å². The zero-order valence-corrected chi connectivity index (χ0v) is 10.3. The van der Waals surface area contributed by atoms with Crippen LogP contribution in [0.3, 0.4) is 0 Å². The molecule has 0 aliphatic carbocycles. The summed E-state index contributed by atoms with van der Waals surface area (Å²) in [7, 11) is 0. The van der Waals surface area contributed by atoms with Crippen molar-refractivity contribution in [2.75, 3.05) is 0 Å². The first-order chi connectivity index (χ1) is 0. The molecule has 0 atom stereocenters. The Morgan fingerprint density at radius 1 is 0.800 bits per heavy atom. The summed E-state index contributed by atoms with van der Waals surface area (Å²) in [6.45, 7) is 0. The first-order valence-electron chi connectivity index (χ1n) is 0. The first-order valence-corrected chi connectivity index (χ1v) is 0. The SMILES string of the molecule is Cl.F.F.[H-].[H-].[K+].[K+]. The summed E-state index contributed by atoms with van der Waals surface area (Å²) in [6, 6.07) is 0. The maximum atomic E-state index is 0. The van der Waals surface area contributed by atoms with Gasteiger partial charge in [-0.2, -0.15) is 0 Å². The van der Waals surface area contributed by atoms with Crippen LogP contribution in [0.2, 0.25) is 0 Å². The van der Waals surface area contributed by atoms with Crippen LogP contribution in [0.5, 0.6) is 0 Å². The minimum absolute atomic E-state index is 0. The van der Waals surface area contributed by atoms with Gasteiger partial charge in [-0.25, -0.2) is 0 Å². The summed E-state index contributed by atoms with van der Waals surface area (Å²) in [5, 5.41) is 0. The number of rotatable bonds is 0. The van der Waals surface area contributed by atoms with Gasteiger partial charge in [-0.15, -0.1) is 12.4 Å². The van der Waals surface area contributed by atoms with Crippen LogP contribution in [0.1, 0.15) is 2.85 Å². The topological polar surface area (TPSA) is 0 Å². The van der Waals surface area contributed by atoms with Crippen LogP contribution in [0.15, 0.2) is 0 Å². The van der Waals surface area contributed by atoms with E-state index in [2.05, 4.69) is 0 Å². The average molecular weight is 157 g/mol. The van der Waals surface area contributed by atoms with Crippen molar-refractivity contribution in [3.8, 4) is 0 Å². The molecule has 0 aromatic heterocycles. The van der Waals surface area contributed by atoms with E-state index < -0.39 is 0 Å². The monoisotopic (exact) mass is 156 g/mol. The summed E-state index contributed by atoms with van der Waals surface area (Å²) in [5.74, 6) is 0. The van der Waals surface area contributed by atoms with E-state index in [9.17, 15) is 0 Å². The van der Waals surface area contributed by atoms with Crippen LogP contribution >= 0.6 is 12.4 Å². The van der Waals surface area contributed by atoms with Gasteiger partial charge in [-0.3, -0.25) is 9.41 Å². The Balaban J connectivity index is 0. The molecule has 28 valence electrons. The van der Waals surface area contributed by atoms with Crippen molar-refractivity contribution in [3.05, 3.63) is 0 Å². The second-order valence-electron chi connectivity index (χ2n) is 0. The molecule has 0 spiro atoms. The van der Waals surface area contributed by atoms with Crippen LogP contribution in [0.4, 0.5) is 9.41 Å². The van der Waals surface area contributed by atoms with Crippen molar-refractivity contribution in [2.45, 2.75) is 0 Å². The predicted octanol–water partition coefficient (Wildman–Crippen LogP) is -5.04. The van der Waals surface area contributed by atoms with E-state index in [0.29, 0.717) is 0 Å². The number of hydrogen-bond donors (Lipinski definition) is 0. The quantitative estimate of drug-likeness (QED) is 0.308. The Labute approximate surface area is 124 Å². The molecule has 0 bridgehead atoms. The van der Waals surface area contributed by atoms with Crippen LogP contribution in [0, 0.1) is 0 Å². The first kappa shape index (κ1) is 39.6. The van der Waals surface area contributed by atoms with E-state index >= 15 is 0 Å². The molecule has 5 heavy (non-hydrogen) atoms. The third-order valence-electron chi connectivity index (χ3n) is 0. The van der Waals surface area contributed by atoms with Gasteiger partial charge in [0.05, 0.1) is 0 Å². The standard InChI is InChI=1S/ClH.2FH.2K.2H/h3*1H;;;;/q;;;2*+1;2*-1. The minimum atomic E-state index is 0. The molecule has 0 aliphatic heterocycles. The molecule has 0 amide bonds. The van der Waals surface area contributed by atoms with Gasteiger partial charge in [0, 0.05) is 0 Å². The molecule has 0 saturated heterocycles. The molecule has 0 fully saturated rings. The zero-order chi connectivity index (χ0) is 0. The van der Waals surface area contributed by atoms with Gasteiger partial charge >= 0.3 is 103 Å². The molecule has 0 saturated carbocycles. The fraction of sp³-hybridized carbons (Fsp3) is 0. The van der Waals surface area contributed by atoms with Crippen LogP contribution in [-0.2, 0) is 0 Å². The molecule has 0 aromatic rings. The van der Waals surface area contributed by atoms with Gasteiger partial charge in [0.2, 0.25) is 0 Å². The molecule has 0 radical (unpaired) electrons. The van der Waals surface area contributed by atoms with Crippen LogP contribution in [0.25, 0.3) is 0 Å². The van der Waals surface area contributed by atoms with Gasteiger partial charge in [0.15, 0.2) is 0 Å². The molecule has 0 heterocycles. The normalized spacial score (nSPS) is 0. The average Bonchev–Trinajstić information content (AvgIpc) is 0. The van der Waals surface area contributed by atoms with Crippen LogP contribution < -0.4 is 103 Å². The molecule has 0 N–H and O–H groups in total. The Hall–Kier alpha value is 3.42. The maximum Gasteiger partial charge on any atom is 1.00 e. The van der Waals surface area contributed by atoms with E-state index in [1.165, 1.54) is 0 Å². The van der Waals surface area contributed by atoms with Crippen molar-refractivity contribution in [1.29, 1.82) is 0 Å². The molecule has 0 aliphatic rings. The predicted molar refractivity (Wildman–Crippen MR) is 14.5 cm³/mol. The van der Waals surface area contributed by atoms with Gasteiger partial charge < -0.3 is 2.85 Å². The largest absolute Gasteiger partial charge is 1.00 e. The fourth-order valence-electron chi connectivity index (χ4n) is 0. The number of halogens is 3. The summed E-state index contributed by atoms with van der Waals surface area (Å²) < 4.78 is 0. The fourth-order valence-corrected chi connectivity index (χ4v) is 0. The van der Waals surface area contributed by atoms with Gasteiger partial charge in [0.25, 0.3) is 0 Å². The number of hydrogen-bond acceptors (Lipinski definition) is 0. The van der Waals surface area contributed by atoms with Crippen molar-refractivity contribution >= 4 is 12.4 Å². The Morgan fingerprint density at radius 2 is 0.800 bits per heavy atom. The Bertz CT molecular complexity index is 13.7. The van der Waals surface area contributed by atoms with Gasteiger partial charge in [0.1, 0.15) is 0 Å². The third kappa shape index (κ3) is 18.6. The summed E-state index contributed by atoms with van der Waals surface area (Å²) in [6.07, 6.45) is 0. The van der Waals surface area contributed by atoms with E-state index in [0.717, 1.165) is 0 Å². The molecular formula is H5ClF2K2. The summed E-state index contributed by atoms with van der Waals surface area (Å²) in [5.41, 5.74) is 0. The van der Waals surface area contributed by atoms with Crippen LogP contribution in [-0.4, -0.2) is 0 Å². The van der Waals surface area contributed by atoms with E-state index in [1.54, 1.807) is 0 Å². The van der Waals surface area contributed by atoms with Crippen molar-refractivity contribution in [2.24, 2.45) is 0 Å². The molecule has 0 rings (SSSR count). The third-order valence-corrected chi connectivity index (χ3v) is 0. The summed E-state index contributed by atoms with van der Waals surface area (Å²) in [4.78, 5) is 0. The summed E-state index contributed by atoms with van der Waals surface area (Å²) >= 11 is 0. The molecule has 0 unspecified atom stereocenters. The minimum Gasteiger partial charge on any atom is -1.00 e. The maximum absolute atomic E-state index is 0. The van der Waals surface area contributed by atoms with Crippen molar-refractivity contribution in [1.82, 2.24) is 0 Å².